The molecular weight excluding hydrogens is 356 g/mol. The van der Waals surface area contributed by atoms with Crippen LogP contribution in [0.15, 0.2) is 30.3 Å². The molecule has 1 aromatic carbocycles. The number of nitrogens with two attached hydrogens (primary N) is 2. The van der Waals surface area contributed by atoms with Crippen LogP contribution in [0.1, 0.15) is 38.6 Å². The lowest BCUT2D eigenvalue weighted by molar-refractivity contribution is -0.0545. The lowest BCUT2D eigenvalue weighted by Crippen LogP contribution is -2.34. The zero-order chi connectivity index (χ0) is 19.7. The SMILES string of the molecule is NC(=O)c1nc(Cc2ccccc2)n([C@@H]2O[C@H](CO)[C@@H](O)[C@H]2O)c1C(N)=O. The van der Waals surface area contributed by atoms with Crippen molar-refractivity contribution in [2.75, 3.05) is 6.61 Å². The first-order valence-corrected chi connectivity index (χ1v) is 8.22. The van der Waals surface area contributed by atoms with Gasteiger partial charge in [-0.05, 0) is 5.56 Å². The normalized spacial score (nSPS) is 24.9. The average molecular weight is 376 g/mol. The van der Waals surface area contributed by atoms with E-state index >= 15 is 0 Å². The maximum absolute atomic E-state index is 12.0. The van der Waals surface area contributed by atoms with Gasteiger partial charge in [0.2, 0.25) is 0 Å². The summed E-state index contributed by atoms with van der Waals surface area (Å²) >= 11 is 0. The van der Waals surface area contributed by atoms with E-state index in [-0.39, 0.29) is 23.6 Å². The Balaban J connectivity index is 2.14. The number of benzene rings is 1. The second-order valence-electron chi connectivity index (χ2n) is 6.21. The fraction of sp³-hybridized carbons (Fsp3) is 0.353. The predicted octanol–water partition coefficient (Wildman–Crippen LogP) is -1.72. The fourth-order valence-corrected chi connectivity index (χ4v) is 3.16. The van der Waals surface area contributed by atoms with Crippen LogP contribution < -0.4 is 11.5 Å². The van der Waals surface area contributed by atoms with Crippen LogP contribution in [0.5, 0.6) is 0 Å². The third-order valence-corrected chi connectivity index (χ3v) is 4.43. The molecule has 2 amide bonds. The summed E-state index contributed by atoms with van der Waals surface area (Å²) in [5.41, 5.74) is 10.9. The van der Waals surface area contributed by atoms with Gasteiger partial charge in [0.1, 0.15) is 29.8 Å². The van der Waals surface area contributed by atoms with Crippen molar-refractivity contribution in [3.8, 4) is 0 Å². The average Bonchev–Trinajstić information content (AvgIpc) is 3.14. The molecule has 3 rings (SSSR count). The van der Waals surface area contributed by atoms with Crippen molar-refractivity contribution in [3.05, 3.63) is 53.1 Å². The van der Waals surface area contributed by atoms with Gasteiger partial charge in [-0.1, -0.05) is 30.3 Å². The van der Waals surface area contributed by atoms with Crippen LogP contribution >= 0.6 is 0 Å². The van der Waals surface area contributed by atoms with E-state index < -0.39 is 43.0 Å². The van der Waals surface area contributed by atoms with E-state index in [9.17, 15) is 24.9 Å². The highest BCUT2D eigenvalue weighted by Crippen LogP contribution is 2.33. The van der Waals surface area contributed by atoms with E-state index in [1.54, 1.807) is 12.1 Å². The van der Waals surface area contributed by atoms with Crippen molar-refractivity contribution in [2.45, 2.75) is 31.0 Å². The molecule has 2 heterocycles. The Hall–Kier alpha value is -2.79. The van der Waals surface area contributed by atoms with Gasteiger partial charge in [-0.3, -0.25) is 14.2 Å². The molecule has 1 saturated heterocycles. The summed E-state index contributed by atoms with van der Waals surface area (Å²) in [5.74, 6) is -1.77. The molecule has 4 atom stereocenters. The van der Waals surface area contributed by atoms with Gasteiger partial charge in [0, 0.05) is 6.42 Å². The molecule has 0 radical (unpaired) electrons. The number of nitrogens with zero attached hydrogens (tertiary/aromatic N) is 2. The van der Waals surface area contributed by atoms with Gasteiger partial charge in [0.15, 0.2) is 11.9 Å². The zero-order valence-corrected chi connectivity index (χ0v) is 14.2. The minimum atomic E-state index is -1.48. The van der Waals surface area contributed by atoms with Crippen molar-refractivity contribution in [2.24, 2.45) is 11.5 Å². The number of aliphatic hydroxyl groups is 3. The van der Waals surface area contributed by atoms with Gasteiger partial charge >= 0.3 is 0 Å². The zero-order valence-electron chi connectivity index (χ0n) is 14.2. The van der Waals surface area contributed by atoms with E-state index in [4.69, 9.17) is 16.2 Å². The molecule has 1 aromatic heterocycles. The minimum Gasteiger partial charge on any atom is -0.394 e. The number of carbonyl (C=O) groups excluding carboxylic acids is 2. The molecule has 0 spiro atoms. The second-order valence-corrected chi connectivity index (χ2v) is 6.21. The van der Waals surface area contributed by atoms with E-state index in [0.29, 0.717) is 0 Å². The van der Waals surface area contributed by atoms with Crippen molar-refractivity contribution >= 4 is 11.8 Å². The monoisotopic (exact) mass is 376 g/mol. The van der Waals surface area contributed by atoms with Crippen molar-refractivity contribution in [3.63, 3.8) is 0 Å². The first kappa shape index (κ1) is 19.0. The Kier molecular flexibility index (Phi) is 5.24. The summed E-state index contributed by atoms with van der Waals surface area (Å²) in [7, 11) is 0. The summed E-state index contributed by atoms with van der Waals surface area (Å²) in [6.45, 7) is -0.550. The van der Waals surface area contributed by atoms with Crippen LogP contribution in [-0.4, -0.2) is 61.6 Å². The summed E-state index contributed by atoms with van der Waals surface area (Å²) in [6, 6.07) is 9.05. The molecule has 27 heavy (non-hydrogen) atoms. The summed E-state index contributed by atoms with van der Waals surface area (Å²) in [4.78, 5) is 27.9. The largest absolute Gasteiger partial charge is 0.394 e. The molecule has 144 valence electrons. The molecule has 1 aliphatic rings. The highest BCUT2D eigenvalue weighted by atomic mass is 16.6. The van der Waals surface area contributed by atoms with E-state index in [2.05, 4.69) is 4.98 Å². The molecule has 10 nitrogen and oxygen atoms in total. The van der Waals surface area contributed by atoms with Crippen LogP contribution in [0.25, 0.3) is 0 Å². The Bertz CT molecular complexity index is 853. The smallest absolute Gasteiger partial charge is 0.269 e. The maximum atomic E-state index is 12.0. The number of primary amides is 2. The standard InChI is InChI=1S/C17H20N4O6/c18-15(25)11-12(16(19)26)21(17-14(24)13(23)9(7-22)27-17)10(20-11)6-8-4-2-1-3-5-8/h1-5,9,13-14,17,22-24H,6-7H2,(H2,18,25)(H2,19,26)/t9-,13-,14-,17-/m1/s1. The topological polar surface area (TPSA) is 174 Å². The molecule has 1 aliphatic heterocycles. The van der Waals surface area contributed by atoms with Gasteiger partial charge in [-0.25, -0.2) is 4.98 Å². The minimum absolute atomic E-state index is 0.181. The first-order valence-electron chi connectivity index (χ1n) is 8.22. The number of rotatable bonds is 6. The molecule has 2 aromatic rings. The predicted molar refractivity (Wildman–Crippen MR) is 91.5 cm³/mol. The summed E-state index contributed by atoms with van der Waals surface area (Å²) in [5, 5.41) is 29.7. The highest BCUT2D eigenvalue weighted by Gasteiger charge is 2.46. The molecule has 0 saturated carbocycles. The van der Waals surface area contributed by atoms with Crippen molar-refractivity contribution in [1.29, 1.82) is 0 Å². The molecule has 0 bridgehead atoms. The number of hydrogen-bond acceptors (Lipinski definition) is 7. The quantitative estimate of drug-likeness (QED) is 0.398. The van der Waals surface area contributed by atoms with Gasteiger partial charge in [0.25, 0.3) is 11.8 Å². The fourth-order valence-electron chi connectivity index (χ4n) is 3.16. The number of aromatic nitrogens is 2. The summed E-state index contributed by atoms with van der Waals surface area (Å²) < 4.78 is 6.66. The van der Waals surface area contributed by atoms with Crippen LogP contribution in [-0.2, 0) is 11.2 Å². The van der Waals surface area contributed by atoms with E-state index in [1.165, 1.54) is 4.57 Å². The maximum Gasteiger partial charge on any atom is 0.269 e. The summed E-state index contributed by atoms with van der Waals surface area (Å²) in [6.07, 6.45) is -5.05. The van der Waals surface area contributed by atoms with E-state index in [0.717, 1.165) is 5.56 Å². The Morgan fingerprint density at radius 3 is 2.30 bits per heavy atom. The number of aliphatic hydroxyl groups excluding tert-OH is 3. The lowest BCUT2D eigenvalue weighted by atomic mass is 10.1. The Morgan fingerprint density at radius 1 is 1.11 bits per heavy atom. The molecule has 0 aliphatic carbocycles. The number of imidazole rings is 1. The number of hydrogen-bond donors (Lipinski definition) is 5. The molecule has 10 heteroatoms. The molecule has 7 N–H and O–H groups in total. The lowest BCUT2D eigenvalue weighted by Gasteiger charge is -2.21. The first-order chi connectivity index (χ1) is 12.8. The van der Waals surface area contributed by atoms with Crippen LogP contribution in [0.4, 0.5) is 0 Å². The number of carbonyl (C=O) groups is 2. The van der Waals surface area contributed by atoms with Crippen LogP contribution in [0.2, 0.25) is 0 Å². The van der Waals surface area contributed by atoms with Gasteiger partial charge in [-0.2, -0.15) is 0 Å². The van der Waals surface area contributed by atoms with Gasteiger partial charge in [-0.15, -0.1) is 0 Å². The van der Waals surface area contributed by atoms with Gasteiger partial charge < -0.3 is 31.5 Å². The van der Waals surface area contributed by atoms with Crippen LogP contribution in [0, 0.1) is 0 Å². The number of ether oxygens (including phenoxy) is 1. The third kappa shape index (κ3) is 3.43. The van der Waals surface area contributed by atoms with Crippen molar-refractivity contribution in [1.82, 2.24) is 9.55 Å². The van der Waals surface area contributed by atoms with E-state index in [1.807, 2.05) is 18.2 Å². The Morgan fingerprint density at radius 2 is 1.78 bits per heavy atom. The van der Waals surface area contributed by atoms with Crippen molar-refractivity contribution < 1.29 is 29.6 Å². The molecule has 1 fully saturated rings. The molecule has 0 unspecified atom stereocenters. The highest BCUT2D eigenvalue weighted by molar-refractivity contribution is 6.04. The Labute approximate surface area is 154 Å². The molecular formula is C17H20N4O6. The van der Waals surface area contributed by atoms with Gasteiger partial charge in [0.05, 0.1) is 6.61 Å². The number of amides is 2. The van der Waals surface area contributed by atoms with Crippen LogP contribution in [0.3, 0.4) is 0 Å². The third-order valence-electron chi connectivity index (χ3n) is 4.43. The second kappa shape index (κ2) is 7.45.